The van der Waals surface area contributed by atoms with E-state index in [9.17, 15) is 0 Å². The first kappa shape index (κ1) is 17.6. The van der Waals surface area contributed by atoms with E-state index in [-0.39, 0.29) is 6.10 Å². The van der Waals surface area contributed by atoms with Crippen molar-refractivity contribution in [3.63, 3.8) is 0 Å². The fourth-order valence-electron chi connectivity index (χ4n) is 2.58. The minimum absolute atomic E-state index is 0.194. The van der Waals surface area contributed by atoms with Crippen molar-refractivity contribution in [2.24, 2.45) is 5.10 Å². The molecule has 4 rings (SSSR count). The van der Waals surface area contributed by atoms with E-state index in [1.807, 2.05) is 38.1 Å². The molecule has 0 atom stereocenters. The van der Waals surface area contributed by atoms with Crippen molar-refractivity contribution >= 4 is 44.4 Å². The van der Waals surface area contributed by atoms with Gasteiger partial charge in [-0.15, -0.1) is 0 Å². The monoisotopic (exact) mass is 380 g/mol. The van der Waals surface area contributed by atoms with Gasteiger partial charge in [-0.1, -0.05) is 17.4 Å². The molecule has 0 saturated heterocycles. The Morgan fingerprint density at radius 3 is 3.00 bits per heavy atom. The number of nitrogens with zero attached hydrogens (tertiary/aromatic N) is 4. The molecule has 0 radical (unpaired) electrons. The first-order valence-corrected chi connectivity index (χ1v) is 9.56. The number of rotatable bonds is 6. The molecule has 1 aliphatic heterocycles. The van der Waals surface area contributed by atoms with Crippen LogP contribution in [0.3, 0.4) is 0 Å². The Balaban J connectivity index is 1.53. The van der Waals surface area contributed by atoms with Crippen LogP contribution in [-0.4, -0.2) is 33.8 Å². The van der Waals surface area contributed by atoms with E-state index in [2.05, 4.69) is 31.9 Å². The second-order valence-corrected chi connectivity index (χ2v) is 7.33. The van der Waals surface area contributed by atoms with Gasteiger partial charge in [0.05, 0.1) is 31.2 Å². The van der Waals surface area contributed by atoms with Crippen molar-refractivity contribution in [2.45, 2.75) is 26.6 Å². The van der Waals surface area contributed by atoms with Crippen LogP contribution in [0, 0.1) is 0 Å². The Kier molecular flexibility index (Phi) is 5.08. The maximum Gasteiger partial charge on any atom is 0.190 e. The summed E-state index contributed by atoms with van der Waals surface area (Å²) >= 11 is 1.50. The van der Waals surface area contributed by atoms with Gasteiger partial charge >= 0.3 is 0 Å². The number of anilines is 2. The standard InChI is InChI=1S/C19H20N6OS/c1-12(2)26-11-13-5-7-20-17(9-13)25-19-24-16-4-3-15(23-18(16)27-19)14-6-8-21-22-10-14/h3-7,9-10,12,21H,8,11H2,1-2H3,(H,20,24,25). The van der Waals surface area contributed by atoms with E-state index in [1.165, 1.54) is 11.3 Å². The number of hydrogen-bond donors (Lipinski definition) is 2. The van der Waals surface area contributed by atoms with Crippen LogP contribution in [0.15, 0.2) is 41.6 Å². The molecule has 2 N–H and O–H groups in total. The number of allylic oxidation sites excluding steroid dienone is 1. The van der Waals surface area contributed by atoms with E-state index in [1.54, 1.807) is 12.4 Å². The summed E-state index contributed by atoms with van der Waals surface area (Å²) in [7, 11) is 0. The van der Waals surface area contributed by atoms with E-state index in [0.717, 1.165) is 38.1 Å². The Morgan fingerprint density at radius 1 is 1.26 bits per heavy atom. The predicted molar refractivity (Wildman–Crippen MR) is 109 cm³/mol. The molecular weight excluding hydrogens is 360 g/mol. The Morgan fingerprint density at radius 2 is 2.19 bits per heavy atom. The fraction of sp³-hybridized carbons (Fsp3) is 0.263. The summed E-state index contributed by atoms with van der Waals surface area (Å²) in [5.74, 6) is 0.743. The molecule has 0 amide bonds. The summed E-state index contributed by atoms with van der Waals surface area (Å²) in [5, 5.41) is 8.12. The lowest BCUT2D eigenvalue weighted by atomic mass is 10.1. The van der Waals surface area contributed by atoms with Gasteiger partial charge in [-0.25, -0.2) is 15.0 Å². The maximum absolute atomic E-state index is 5.65. The van der Waals surface area contributed by atoms with Crippen LogP contribution in [0.5, 0.6) is 0 Å². The van der Waals surface area contributed by atoms with Crippen LogP contribution in [-0.2, 0) is 11.3 Å². The molecule has 0 bridgehead atoms. The molecule has 0 saturated carbocycles. The molecule has 0 aliphatic carbocycles. The molecule has 138 valence electrons. The highest BCUT2D eigenvalue weighted by molar-refractivity contribution is 7.21. The Bertz CT molecular complexity index is 1010. The number of aromatic nitrogens is 3. The average Bonchev–Trinajstić information content (AvgIpc) is 3.08. The minimum Gasteiger partial charge on any atom is -0.374 e. The molecule has 27 heavy (non-hydrogen) atoms. The second-order valence-electron chi connectivity index (χ2n) is 6.35. The Labute approximate surface area is 161 Å². The van der Waals surface area contributed by atoms with Crippen molar-refractivity contribution in [1.82, 2.24) is 20.4 Å². The summed E-state index contributed by atoms with van der Waals surface area (Å²) < 4.78 is 5.65. The first-order valence-electron chi connectivity index (χ1n) is 8.75. The van der Waals surface area contributed by atoms with Gasteiger partial charge in [0.1, 0.15) is 16.2 Å². The molecule has 0 aromatic carbocycles. The molecule has 3 aromatic rings. The summed E-state index contributed by atoms with van der Waals surface area (Å²) in [4.78, 5) is 14.6. The number of hydrogen-bond acceptors (Lipinski definition) is 8. The average molecular weight is 380 g/mol. The summed E-state index contributed by atoms with van der Waals surface area (Å²) in [5.41, 5.74) is 6.74. The zero-order valence-electron chi connectivity index (χ0n) is 15.1. The van der Waals surface area contributed by atoms with Gasteiger partial charge in [0.25, 0.3) is 0 Å². The third kappa shape index (κ3) is 4.29. The SMILES string of the molecule is CC(C)OCc1ccnc(Nc2nc3ccc(C4=CCNN=C4)nc3s2)c1. The lowest BCUT2D eigenvalue weighted by Gasteiger charge is -2.08. The number of ether oxygens (including phenoxy) is 1. The molecule has 1 aliphatic rings. The number of pyridine rings is 2. The van der Waals surface area contributed by atoms with Crippen LogP contribution in [0.2, 0.25) is 0 Å². The summed E-state index contributed by atoms with van der Waals surface area (Å²) in [6, 6.07) is 7.88. The van der Waals surface area contributed by atoms with E-state index < -0.39 is 0 Å². The molecular formula is C19H20N6OS. The third-order valence-electron chi connectivity index (χ3n) is 3.90. The number of fused-ring (bicyclic) bond motifs is 1. The summed E-state index contributed by atoms with van der Waals surface area (Å²) in [6.45, 7) is 5.32. The highest BCUT2D eigenvalue weighted by atomic mass is 32.1. The van der Waals surface area contributed by atoms with Crippen molar-refractivity contribution in [1.29, 1.82) is 0 Å². The van der Waals surface area contributed by atoms with Gasteiger partial charge < -0.3 is 15.5 Å². The topological polar surface area (TPSA) is 84.3 Å². The minimum atomic E-state index is 0.194. The number of thiazole rings is 1. The van der Waals surface area contributed by atoms with Gasteiger partial charge in [-0.2, -0.15) is 5.10 Å². The van der Waals surface area contributed by atoms with E-state index in [4.69, 9.17) is 9.72 Å². The number of nitrogens with one attached hydrogen (secondary N) is 2. The van der Waals surface area contributed by atoms with E-state index >= 15 is 0 Å². The molecule has 4 heterocycles. The highest BCUT2D eigenvalue weighted by Crippen LogP contribution is 2.28. The van der Waals surface area contributed by atoms with Crippen molar-refractivity contribution in [3.8, 4) is 0 Å². The normalized spacial score (nSPS) is 13.7. The summed E-state index contributed by atoms with van der Waals surface area (Å²) in [6.07, 6.45) is 5.82. The largest absolute Gasteiger partial charge is 0.374 e. The lowest BCUT2D eigenvalue weighted by Crippen LogP contribution is -2.11. The van der Waals surface area contributed by atoms with Gasteiger partial charge in [0, 0.05) is 11.8 Å². The zero-order valence-corrected chi connectivity index (χ0v) is 16.0. The maximum atomic E-state index is 5.65. The zero-order chi connectivity index (χ0) is 18.6. The van der Waals surface area contributed by atoms with Crippen LogP contribution in [0.4, 0.5) is 10.9 Å². The van der Waals surface area contributed by atoms with Crippen molar-refractivity contribution < 1.29 is 4.74 Å². The van der Waals surface area contributed by atoms with Crippen LogP contribution in [0.1, 0.15) is 25.1 Å². The molecule has 0 unspecified atom stereocenters. The fourth-order valence-corrected chi connectivity index (χ4v) is 3.43. The highest BCUT2D eigenvalue weighted by Gasteiger charge is 2.10. The van der Waals surface area contributed by atoms with Crippen LogP contribution < -0.4 is 10.7 Å². The van der Waals surface area contributed by atoms with Crippen molar-refractivity contribution in [3.05, 3.63) is 47.8 Å². The molecule has 0 fully saturated rings. The Hall–Kier alpha value is -2.84. The molecule has 3 aromatic heterocycles. The quantitative estimate of drug-likeness (QED) is 0.678. The predicted octanol–water partition coefficient (Wildman–Crippen LogP) is 3.73. The number of hydrazone groups is 1. The smallest absolute Gasteiger partial charge is 0.190 e. The molecule has 7 nitrogen and oxygen atoms in total. The van der Waals surface area contributed by atoms with Gasteiger partial charge in [-0.3, -0.25) is 0 Å². The van der Waals surface area contributed by atoms with Gasteiger partial charge in [-0.05, 0) is 43.7 Å². The van der Waals surface area contributed by atoms with Crippen LogP contribution >= 0.6 is 11.3 Å². The van der Waals surface area contributed by atoms with Crippen LogP contribution in [0.25, 0.3) is 15.9 Å². The molecule has 0 spiro atoms. The van der Waals surface area contributed by atoms with E-state index in [0.29, 0.717) is 13.2 Å². The first-order chi connectivity index (χ1) is 13.2. The van der Waals surface area contributed by atoms with Crippen molar-refractivity contribution in [2.75, 3.05) is 11.9 Å². The van der Waals surface area contributed by atoms with Gasteiger partial charge in [0.15, 0.2) is 5.13 Å². The second kappa shape index (κ2) is 7.81. The third-order valence-corrected chi connectivity index (χ3v) is 4.78. The lowest BCUT2D eigenvalue weighted by molar-refractivity contribution is 0.0657. The van der Waals surface area contributed by atoms with Gasteiger partial charge in [0.2, 0.25) is 0 Å². The molecule has 8 heteroatoms.